The standard InChI is InChI=1S/C12H23N3O2/c1-12(2,3)9(13)6-11(17)15-8-4-5-10(16)14-7-8/h8-9H,4-7,13H2,1-3H3,(H,14,16)(H,15,17). The fourth-order valence-electron chi connectivity index (χ4n) is 1.65. The molecule has 1 aliphatic heterocycles. The van der Waals surface area contributed by atoms with Crippen LogP contribution >= 0.6 is 0 Å². The van der Waals surface area contributed by atoms with Crippen LogP contribution in [-0.2, 0) is 9.59 Å². The summed E-state index contributed by atoms with van der Waals surface area (Å²) in [5.74, 6) is 0.0236. The molecule has 1 fully saturated rings. The van der Waals surface area contributed by atoms with Crippen molar-refractivity contribution < 1.29 is 9.59 Å². The molecule has 0 saturated carbocycles. The summed E-state index contributed by atoms with van der Waals surface area (Å²) < 4.78 is 0. The average Bonchev–Trinajstić information content (AvgIpc) is 2.20. The Morgan fingerprint density at radius 1 is 1.59 bits per heavy atom. The van der Waals surface area contributed by atoms with Crippen LogP contribution in [-0.4, -0.2) is 30.4 Å². The van der Waals surface area contributed by atoms with Gasteiger partial charge >= 0.3 is 0 Å². The molecule has 1 saturated heterocycles. The van der Waals surface area contributed by atoms with Crippen molar-refractivity contribution in [1.82, 2.24) is 10.6 Å². The van der Waals surface area contributed by atoms with Crippen LogP contribution in [0.15, 0.2) is 0 Å². The van der Waals surface area contributed by atoms with E-state index >= 15 is 0 Å². The molecule has 1 aliphatic rings. The van der Waals surface area contributed by atoms with E-state index in [1.807, 2.05) is 20.8 Å². The SMILES string of the molecule is CC(C)(C)C(N)CC(=O)NC1CCC(=O)NC1. The third-order valence-corrected chi connectivity index (χ3v) is 3.15. The maximum absolute atomic E-state index is 11.7. The third kappa shape index (κ3) is 4.73. The summed E-state index contributed by atoms with van der Waals surface area (Å²) in [4.78, 5) is 22.7. The largest absolute Gasteiger partial charge is 0.354 e. The van der Waals surface area contributed by atoms with Crippen LogP contribution in [0.1, 0.15) is 40.0 Å². The van der Waals surface area contributed by atoms with Crippen LogP contribution in [0.25, 0.3) is 0 Å². The first-order valence-corrected chi connectivity index (χ1v) is 6.10. The second-order valence-corrected chi connectivity index (χ2v) is 5.78. The normalized spacial score (nSPS) is 22.8. The summed E-state index contributed by atoms with van der Waals surface area (Å²) >= 11 is 0. The van der Waals surface area contributed by atoms with Crippen LogP contribution in [0.4, 0.5) is 0 Å². The van der Waals surface area contributed by atoms with Gasteiger partial charge in [0.15, 0.2) is 0 Å². The van der Waals surface area contributed by atoms with E-state index in [1.54, 1.807) is 0 Å². The number of hydrogen-bond acceptors (Lipinski definition) is 3. The third-order valence-electron chi connectivity index (χ3n) is 3.15. The van der Waals surface area contributed by atoms with E-state index in [-0.39, 0.29) is 29.3 Å². The van der Waals surface area contributed by atoms with E-state index < -0.39 is 0 Å². The molecule has 0 aliphatic carbocycles. The van der Waals surface area contributed by atoms with Gasteiger partial charge < -0.3 is 16.4 Å². The van der Waals surface area contributed by atoms with Gasteiger partial charge in [-0.15, -0.1) is 0 Å². The smallest absolute Gasteiger partial charge is 0.221 e. The predicted molar refractivity (Wildman–Crippen MR) is 66.2 cm³/mol. The van der Waals surface area contributed by atoms with Crippen molar-refractivity contribution in [2.24, 2.45) is 11.1 Å². The zero-order valence-electron chi connectivity index (χ0n) is 10.9. The maximum Gasteiger partial charge on any atom is 0.221 e. The highest BCUT2D eigenvalue weighted by Gasteiger charge is 2.25. The summed E-state index contributed by atoms with van der Waals surface area (Å²) in [6.07, 6.45) is 1.52. The van der Waals surface area contributed by atoms with Gasteiger partial charge in [0.05, 0.1) is 0 Å². The van der Waals surface area contributed by atoms with E-state index in [1.165, 1.54) is 0 Å². The van der Waals surface area contributed by atoms with Crippen molar-refractivity contribution in [3.63, 3.8) is 0 Å². The number of rotatable bonds is 3. The fourth-order valence-corrected chi connectivity index (χ4v) is 1.65. The predicted octanol–water partition coefficient (Wildman–Crippen LogP) is 0.145. The first-order chi connectivity index (χ1) is 7.79. The van der Waals surface area contributed by atoms with Crippen molar-refractivity contribution in [3.8, 4) is 0 Å². The summed E-state index contributed by atoms with van der Waals surface area (Å²) in [5, 5.41) is 5.64. The Bertz CT molecular complexity index is 287. The molecule has 17 heavy (non-hydrogen) atoms. The van der Waals surface area contributed by atoms with Crippen LogP contribution in [0.5, 0.6) is 0 Å². The van der Waals surface area contributed by atoms with E-state index in [9.17, 15) is 9.59 Å². The lowest BCUT2D eigenvalue weighted by Crippen LogP contribution is -2.49. The molecule has 1 heterocycles. The first kappa shape index (κ1) is 14.0. The first-order valence-electron chi connectivity index (χ1n) is 6.10. The van der Waals surface area contributed by atoms with Gasteiger partial charge in [0.1, 0.15) is 0 Å². The van der Waals surface area contributed by atoms with Crippen molar-refractivity contribution >= 4 is 11.8 Å². The summed E-state index contributed by atoms with van der Waals surface area (Å²) in [5.41, 5.74) is 5.88. The Morgan fingerprint density at radius 2 is 2.24 bits per heavy atom. The zero-order valence-corrected chi connectivity index (χ0v) is 10.9. The number of nitrogens with one attached hydrogen (secondary N) is 2. The lowest BCUT2D eigenvalue weighted by molar-refractivity contribution is -0.126. The van der Waals surface area contributed by atoms with Crippen LogP contribution in [0, 0.1) is 5.41 Å². The summed E-state index contributed by atoms with van der Waals surface area (Å²) in [6.45, 7) is 6.58. The molecule has 5 nitrogen and oxygen atoms in total. The van der Waals surface area contributed by atoms with Gasteiger partial charge in [-0.2, -0.15) is 0 Å². The Hall–Kier alpha value is -1.10. The molecule has 2 atom stereocenters. The molecule has 5 heteroatoms. The monoisotopic (exact) mass is 241 g/mol. The lowest BCUT2D eigenvalue weighted by Gasteiger charge is -2.28. The topological polar surface area (TPSA) is 84.2 Å². The molecular formula is C12H23N3O2. The molecule has 0 spiro atoms. The number of carbonyl (C=O) groups excluding carboxylic acids is 2. The summed E-state index contributed by atoms with van der Waals surface area (Å²) in [7, 11) is 0. The van der Waals surface area contributed by atoms with Crippen molar-refractivity contribution in [3.05, 3.63) is 0 Å². The number of amides is 2. The average molecular weight is 241 g/mol. The van der Waals surface area contributed by atoms with Gasteiger partial charge in [0, 0.05) is 31.5 Å². The number of hydrogen-bond donors (Lipinski definition) is 3. The molecule has 0 aromatic carbocycles. The van der Waals surface area contributed by atoms with Crippen molar-refractivity contribution in [2.75, 3.05) is 6.54 Å². The zero-order chi connectivity index (χ0) is 13.1. The van der Waals surface area contributed by atoms with Gasteiger partial charge in [-0.25, -0.2) is 0 Å². The van der Waals surface area contributed by atoms with Gasteiger partial charge in [-0.1, -0.05) is 20.8 Å². The van der Waals surface area contributed by atoms with Gasteiger partial charge in [0.25, 0.3) is 0 Å². The molecule has 2 unspecified atom stereocenters. The number of nitrogens with two attached hydrogens (primary N) is 1. The van der Waals surface area contributed by atoms with E-state index in [2.05, 4.69) is 10.6 Å². The minimum atomic E-state index is -0.152. The second kappa shape index (κ2) is 5.49. The van der Waals surface area contributed by atoms with Crippen molar-refractivity contribution in [1.29, 1.82) is 0 Å². The molecule has 4 N–H and O–H groups in total. The van der Waals surface area contributed by atoms with E-state index in [4.69, 9.17) is 5.73 Å². The lowest BCUT2D eigenvalue weighted by atomic mass is 9.85. The van der Waals surface area contributed by atoms with Crippen LogP contribution in [0.2, 0.25) is 0 Å². The van der Waals surface area contributed by atoms with E-state index in [0.29, 0.717) is 25.8 Å². The Balaban J connectivity index is 2.32. The van der Waals surface area contributed by atoms with Crippen LogP contribution < -0.4 is 16.4 Å². The molecule has 98 valence electrons. The van der Waals surface area contributed by atoms with Gasteiger partial charge in [-0.3, -0.25) is 9.59 Å². The molecule has 0 aromatic rings. The Kier molecular flexibility index (Phi) is 4.51. The minimum Gasteiger partial charge on any atom is -0.354 e. The Labute approximate surface area is 103 Å². The molecule has 0 aromatic heterocycles. The molecule has 2 amide bonds. The molecule has 0 radical (unpaired) electrons. The quantitative estimate of drug-likeness (QED) is 0.657. The highest BCUT2D eigenvalue weighted by molar-refractivity contribution is 5.79. The highest BCUT2D eigenvalue weighted by Crippen LogP contribution is 2.19. The van der Waals surface area contributed by atoms with Crippen LogP contribution in [0.3, 0.4) is 0 Å². The van der Waals surface area contributed by atoms with E-state index in [0.717, 1.165) is 0 Å². The molecular weight excluding hydrogens is 218 g/mol. The molecule has 0 bridgehead atoms. The molecule has 1 rings (SSSR count). The minimum absolute atomic E-state index is 0.0337. The highest BCUT2D eigenvalue weighted by atomic mass is 16.2. The number of piperidine rings is 1. The fraction of sp³-hybridized carbons (Fsp3) is 0.833. The Morgan fingerprint density at radius 3 is 2.71 bits per heavy atom. The number of carbonyl (C=O) groups is 2. The summed E-state index contributed by atoms with van der Waals surface area (Å²) in [6, 6.07) is -0.104. The van der Waals surface area contributed by atoms with Gasteiger partial charge in [0.2, 0.25) is 11.8 Å². The maximum atomic E-state index is 11.7. The van der Waals surface area contributed by atoms with Gasteiger partial charge in [-0.05, 0) is 11.8 Å². The van der Waals surface area contributed by atoms with Crippen molar-refractivity contribution in [2.45, 2.75) is 52.1 Å². The second-order valence-electron chi connectivity index (χ2n) is 5.78.